The number of rotatable bonds is 4. The van der Waals surface area contributed by atoms with Gasteiger partial charge in [-0.1, -0.05) is 12.1 Å². The molecule has 4 rings (SSSR count). The monoisotopic (exact) mass is 391 g/mol. The Balaban J connectivity index is 1.43. The van der Waals surface area contributed by atoms with Crippen LogP contribution >= 0.6 is 15.9 Å². The van der Waals surface area contributed by atoms with Crippen molar-refractivity contribution in [2.24, 2.45) is 0 Å². The van der Waals surface area contributed by atoms with E-state index in [1.165, 1.54) is 0 Å². The summed E-state index contributed by atoms with van der Waals surface area (Å²) in [7, 11) is 1.75. The highest BCUT2D eigenvalue weighted by molar-refractivity contribution is 9.10. The zero-order valence-corrected chi connectivity index (χ0v) is 14.9. The number of H-pyrrole nitrogens is 1. The molecule has 24 heavy (non-hydrogen) atoms. The number of hydrogen-bond acceptors (Lipinski definition) is 4. The molecule has 0 bridgehead atoms. The van der Waals surface area contributed by atoms with Gasteiger partial charge in [-0.15, -0.1) is 0 Å². The average molecular weight is 392 g/mol. The van der Waals surface area contributed by atoms with Gasteiger partial charge in [0.25, 0.3) is 5.91 Å². The third kappa shape index (κ3) is 2.88. The molecule has 2 aliphatic rings. The number of fused-ring (bicyclic) bond motifs is 1. The predicted molar refractivity (Wildman–Crippen MR) is 91.6 cm³/mol. The molecule has 2 aromatic rings. The van der Waals surface area contributed by atoms with Crippen molar-refractivity contribution in [2.45, 2.75) is 24.9 Å². The van der Waals surface area contributed by atoms with Crippen LogP contribution in [0.3, 0.4) is 0 Å². The third-order valence-corrected chi connectivity index (χ3v) is 5.12. The summed E-state index contributed by atoms with van der Waals surface area (Å²) in [6, 6.07) is 7.56. The number of amides is 1. The number of nitrogens with zero attached hydrogens (tertiary/aromatic N) is 2. The zero-order valence-electron chi connectivity index (χ0n) is 13.3. The fraction of sp³-hybridized carbons (Fsp3) is 0.412. The van der Waals surface area contributed by atoms with Crippen molar-refractivity contribution in [1.29, 1.82) is 0 Å². The van der Waals surface area contributed by atoms with Crippen LogP contribution in [0.1, 0.15) is 34.9 Å². The molecule has 0 radical (unpaired) electrons. The van der Waals surface area contributed by atoms with Gasteiger partial charge in [0.05, 0.1) is 16.7 Å². The van der Waals surface area contributed by atoms with Crippen LogP contribution in [0.2, 0.25) is 0 Å². The Morgan fingerprint density at radius 1 is 1.38 bits per heavy atom. The molecule has 1 aromatic heterocycles. The fourth-order valence-corrected chi connectivity index (χ4v) is 3.52. The second-order valence-electron chi connectivity index (χ2n) is 6.26. The number of aromatic nitrogens is 2. The van der Waals surface area contributed by atoms with Crippen molar-refractivity contribution in [1.82, 2.24) is 15.1 Å². The molecule has 1 aliphatic carbocycles. The first-order valence-corrected chi connectivity index (χ1v) is 8.80. The number of para-hydroxylation sites is 2. The molecule has 1 atom stereocenters. The first-order chi connectivity index (χ1) is 11.6. The summed E-state index contributed by atoms with van der Waals surface area (Å²) >= 11 is 3.51. The van der Waals surface area contributed by atoms with E-state index in [-0.39, 0.29) is 12.0 Å². The lowest BCUT2D eigenvalue weighted by atomic mass is 10.2. The van der Waals surface area contributed by atoms with E-state index in [2.05, 4.69) is 26.1 Å². The van der Waals surface area contributed by atoms with Crippen molar-refractivity contribution in [2.75, 3.05) is 20.2 Å². The Morgan fingerprint density at radius 2 is 2.12 bits per heavy atom. The van der Waals surface area contributed by atoms with Gasteiger partial charge in [-0.2, -0.15) is 5.10 Å². The molecule has 1 saturated carbocycles. The number of hydrogen-bond donors (Lipinski definition) is 1. The Morgan fingerprint density at radius 3 is 2.88 bits per heavy atom. The second kappa shape index (κ2) is 6.12. The molecule has 1 aromatic carbocycles. The molecule has 1 unspecified atom stereocenters. The van der Waals surface area contributed by atoms with Crippen LogP contribution < -0.4 is 9.47 Å². The topological polar surface area (TPSA) is 67.5 Å². The molecule has 2 heterocycles. The average Bonchev–Trinajstić information content (AvgIpc) is 3.36. The van der Waals surface area contributed by atoms with Gasteiger partial charge < -0.3 is 14.4 Å². The Hall–Kier alpha value is -2.02. The molecular weight excluding hydrogens is 374 g/mol. The molecule has 1 N–H and O–H groups in total. The van der Waals surface area contributed by atoms with Gasteiger partial charge >= 0.3 is 0 Å². The van der Waals surface area contributed by atoms with E-state index in [4.69, 9.17) is 9.47 Å². The van der Waals surface area contributed by atoms with Gasteiger partial charge in [0.1, 0.15) is 6.61 Å². The Labute approximate surface area is 148 Å². The van der Waals surface area contributed by atoms with Gasteiger partial charge in [-0.3, -0.25) is 9.89 Å². The standard InChI is InChI=1S/C17H18BrN3O3/c1-21(8-11-9-23-12-4-2-3-5-13(12)24-11)17(22)16-14(18)15(19-20-16)10-6-7-10/h2-5,10-11H,6-9H2,1H3,(H,19,20). The molecule has 126 valence electrons. The highest BCUT2D eigenvalue weighted by Crippen LogP contribution is 2.43. The largest absolute Gasteiger partial charge is 0.486 e. The summed E-state index contributed by atoms with van der Waals surface area (Å²) in [6.45, 7) is 0.856. The summed E-state index contributed by atoms with van der Waals surface area (Å²) in [5.41, 5.74) is 1.45. The molecule has 6 nitrogen and oxygen atoms in total. The van der Waals surface area contributed by atoms with E-state index in [9.17, 15) is 4.79 Å². The van der Waals surface area contributed by atoms with Crippen LogP contribution in [-0.4, -0.2) is 47.3 Å². The molecule has 1 aliphatic heterocycles. The van der Waals surface area contributed by atoms with E-state index >= 15 is 0 Å². The lowest BCUT2D eigenvalue weighted by molar-refractivity contribution is 0.0517. The number of carbonyl (C=O) groups is 1. The van der Waals surface area contributed by atoms with Crippen molar-refractivity contribution in [3.8, 4) is 11.5 Å². The first kappa shape index (κ1) is 15.5. The van der Waals surface area contributed by atoms with Gasteiger partial charge in [-0.05, 0) is 40.9 Å². The van der Waals surface area contributed by atoms with Crippen LogP contribution in [0, 0.1) is 0 Å². The molecule has 1 fully saturated rings. The van der Waals surface area contributed by atoms with Crippen LogP contribution in [-0.2, 0) is 0 Å². The van der Waals surface area contributed by atoms with Crippen LogP contribution in [0.15, 0.2) is 28.7 Å². The first-order valence-electron chi connectivity index (χ1n) is 8.01. The quantitative estimate of drug-likeness (QED) is 0.869. The van der Waals surface area contributed by atoms with E-state index in [0.29, 0.717) is 30.5 Å². The minimum absolute atomic E-state index is 0.132. The van der Waals surface area contributed by atoms with Crippen molar-refractivity contribution >= 4 is 21.8 Å². The summed E-state index contributed by atoms with van der Waals surface area (Å²) in [6.07, 6.45) is 2.10. The van der Waals surface area contributed by atoms with E-state index in [0.717, 1.165) is 28.8 Å². The van der Waals surface area contributed by atoms with Crippen molar-refractivity contribution in [3.05, 3.63) is 40.1 Å². The van der Waals surface area contributed by atoms with Crippen LogP contribution in [0.25, 0.3) is 0 Å². The number of nitrogens with one attached hydrogen (secondary N) is 1. The van der Waals surface area contributed by atoms with Gasteiger partial charge in [-0.25, -0.2) is 0 Å². The zero-order chi connectivity index (χ0) is 16.7. The SMILES string of the molecule is CN(CC1COc2ccccc2O1)C(=O)c1n[nH]c(C2CC2)c1Br. The molecular formula is C17H18BrN3O3. The molecule has 7 heteroatoms. The van der Waals surface area contributed by atoms with E-state index < -0.39 is 0 Å². The summed E-state index contributed by atoms with van der Waals surface area (Å²) < 4.78 is 12.4. The molecule has 1 amide bonds. The van der Waals surface area contributed by atoms with Gasteiger partial charge in [0.2, 0.25) is 0 Å². The molecule has 0 spiro atoms. The van der Waals surface area contributed by atoms with Crippen molar-refractivity contribution in [3.63, 3.8) is 0 Å². The van der Waals surface area contributed by atoms with E-state index in [1.54, 1.807) is 11.9 Å². The van der Waals surface area contributed by atoms with Gasteiger partial charge in [0, 0.05) is 13.0 Å². The number of likely N-dealkylation sites (N-methyl/N-ethyl adjacent to an activating group) is 1. The normalized spacial score (nSPS) is 19.2. The minimum atomic E-state index is -0.200. The maximum Gasteiger partial charge on any atom is 0.275 e. The maximum absolute atomic E-state index is 12.7. The fourth-order valence-electron chi connectivity index (χ4n) is 2.85. The smallest absolute Gasteiger partial charge is 0.275 e. The highest BCUT2D eigenvalue weighted by atomic mass is 79.9. The predicted octanol–water partition coefficient (Wildman–Crippen LogP) is 2.96. The summed E-state index contributed by atoms with van der Waals surface area (Å²) in [5.74, 6) is 1.83. The number of aromatic amines is 1. The maximum atomic E-state index is 12.7. The third-order valence-electron chi connectivity index (χ3n) is 4.31. The summed E-state index contributed by atoms with van der Waals surface area (Å²) in [5, 5.41) is 7.18. The number of carbonyl (C=O) groups excluding carboxylic acids is 1. The molecule has 0 saturated heterocycles. The minimum Gasteiger partial charge on any atom is -0.486 e. The lowest BCUT2D eigenvalue weighted by Gasteiger charge is -2.29. The summed E-state index contributed by atoms with van der Waals surface area (Å²) in [4.78, 5) is 14.3. The van der Waals surface area contributed by atoms with E-state index in [1.807, 2.05) is 24.3 Å². The Kier molecular flexibility index (Phi) is 3.96. The highest BCUT2D eigenvalue weighted by Gasteiger charge is 2.32. The van der Waals surface area contributed by atoms with Crippen molar-refractivity contribution < 1.29 is 14.3 Å². The number of benzene rings is 1. The Bertz CT molecular complexity index is 772. The van der Waals surface area contributed by atoms with Gasteiger partial charge in [0.15, 0.2) is 23.3 Å². The number of halogens is 1. The lowest BCUT2D eigenvalue weighted by Crippen LogP contribution is -2.42. The van der Waals surface area contributed by atoms with Crippen LogP contribution in [0.5, 0.6) is 11.5 Å². The number of ether oxygens (including phenoxy) is 2. The second-order valence-corrected chi connectivity index (χ2v) is 7.05. The van der Waals surface area contributed by atoms with Crippen LogP contribution in [0.4, 0.5) is 0 Å².